The fourth-order valence-electron chi connectivity index (χ4n) is 2.43. The molecule has 2 fully saturated rings. The summed E-state index contributed by atoms with van der Waals surface area (Å²) in [6.45, 7) is 2.05. The molecule has 2 N–H and O–H groups in total. The number of nitrogens with zero attached hydrogens (tertiary/aromatic N) is 1. The summed E-state index contributed by atoms with van der Waals surface area (Å²) < 4.78 is 0. The van der Waals surface area contributed by atoms with Crippen LogP contribution in [0.15, 0.2) is 17.5 Å². The Hall–Kier alpha value is -0.380. The van der Waals surface area contributed by atoms with Gasteiger partial charge in [-0.3, -0.25) is 4.90 Å². The van der Waals surface area contributed by atoms with Crippen LogP contribution in [0.4, 0.5) is 0 Å². The third kappa shape index (κ3) is 2.31. The average Bonchev–Trinajstić information content (AvgIpc) is 3.20. The molecule has 0 radical (unpaired) electrons. The fraction of sp³-hybridized carbons (Fsp3) is 0.692. The highest BCUT2D eigenvalue weighted by atomic mass is 32.1. The van der Waals surface area contributed by atoms with Crippen molar-refractivity contribution in [3.63, 3.8) is 0 Å². The van der Waals surface area contributed by atoms with Gasteiger partial charge in [0.2, 0.25) is 0 Å². The molecule has 3 heteroatoms. The second-order valence-corrected chi connectivity index (χ2v) is 6.12. The molecule has 0 bridgehead atoms. The lowest BCUT2D eigenvalue weighted by atomic mass is 10.2. The molecule has 16 heavy (non-hydrogen) atoms. The van der Waals surface area contributed by atoms with Crippen LogP contribution in [-0.4, -0.2) is 24.0 Å². The summed E-state index contributed by atoms with van der Waals surface area (Å²) in [5.74, 6) is 0.967. The van der Waals surface area contributed by atoms with Crippen molar-refractivity contribution in [1.29, 1.82) is 0 Å². The highest BCUT2D eigenvalue weighted by Gasteiger charge is 2.37. The molecule has 0 spiro atoms. The summed E-state index contributed by atoms with van der Waals surface area (Å²) in [6, 6.07) is 5.69. The SMILES string of the molecule is NCC(c1cccs1)N(CC1CC1)C1CC1. The molecule has 1 heterocycles. The summed E-state index contributed by atoms with van der Waals surface area (Å²) in [5, 5.41) is 2.17. The first kappa shape index (κ1) is 10.8. The second kappa shape index (κ2) is 4.47. The lowest BCUT2D eigenvalue weighted by Gasteiger charge is -2.30. The third-order valence-corrected chi connectivity index (χ3v) is 4.65. The summed E-state index contributed by atoms with van der Waals surface area (Å²) in [5.41, 5.74) is 5.99. The van der Waals surface area contributed by atoms with Crippen molar-refractivity contribution >= 4 is 11.3 Å². The first-order chi connectivity index (χ1) is 7.88. The van der Waals surface area contributed by atoms with E-state index in [-0.39, 0.29) is 0 Å². The zero-order valence-corrected chi connectivity index (χ0v) is 10.5. The minimum absolute atomic E-state index is 0.480. The van der Waals surface area contributed by atoms with Crippen LogP contribution >= 0.6 is 11.3 Å². The van der Waals surface area contributed by atoms with Crippen LogP contribution in [-0.2, 0) is 0 Å². The normalized spacial score (nSPS) is 22.6. The molecule has 0 saturated heterocycles. The summed E-state index contributed by atoms with van der Waals surface area (Å²) in [7, 11) is 0. The van der Waals surface area contributed by atoms with Gasteiger partial charge in [-0.1, -0.05) is 6.07 Å². The van der Waals surface area contributed by atoms with E-state index in [1.807, 2.05) is 11.3 Å². The molecule has 2 aliphatic rings. The van der Waals surface area contributed by atoms with E-state index in [0.29, 0.717) is 6.04 Å². The Bertz CT molecular complexity index is 328. The number of nitrogens with two attached hydrogens (primary N) is 1. The molecule has 0 aliphatic heterocycles. The summed E-state index contributed by atoms with van der Waals surface area (Å²) >= 11 is 1.85. The maximum atomic E-state index is 5.99. The minimum atomic E-state index is 0.480. The minimum Gasteiger partial charge on any atom is -0.329 e. The maximum absolute atomic E-state index is 5.99. The largest absolute Gasteiger partial charge is 0.329 e. The standard InChI is InChI=1S/C13H20N2S/c14-8-12(13-2-1-7-16-13)15(11-5-6-11)9-10-3-4-10/h1-2,7,10-12H,3-6,8-9,14H2. The van der Waals surface area contributed by atoms with Gasteiger partial charge in [0, 0.05) is 24.0 Å². The number of thiophene rings is 1. The van der Waals surface area contributed by atoms with E-state index in [9.17, 15) is 0 Å². The Labute approximate surface area is 101 Å². The smallest absolute Gasteiger partial charge is 0.0566 e. The molecule has 1 aromatic rings. The van der Waals surface area contributed by atoms with Crippen molar-refractivity contribution in [3.05, 3.63) is 22.4 Å². The third-order valence-electron chi connectivity index (χ3n) is 3.68. The van der Waals surface area contributed by atoms with Crippen LogP contribution in [0.2, 0.25) is 0 Å². The van der Waals surface area contributed by atoms with Crippen LogP contribution in [0.25, 0.3) is 0 Å². The van der Waals surface area contributed by atoms with Crippen molar-refractivity contribution in [2.75, 3.05) is 13.1 Å². The average molecular weight is 236 g/mol. The van der Waals surface area contributed by atoms with Gasteiger partial charge in [-0.15, -0.1) is 11.3 Å². The lowest BCUT2D eigenvalue weighted by molar-refractivity contribution is 0.185. The van der Waals surface area contributed by atoms with Crippen LogP contribution in [0.1, 0.15) is 36.6 Å². The van der Waals surface area contributed by atoms with E-state index in [1.54, 1.807) is 0 Å². The first-order valence-corrected chi connectivity index (χ1v) is 7.25. The Morgan fingerprint density at radius 1 is 1.38 bits per heavy atom. The van der Waals surface area contributed by atoms with Gasteiger partial charge in [0.15, 0.2) is 0 Å². The van der Waals surface area contributed by atoms with E-state index < -0.39 is 0 Å². The fourth-order valence-corrected chi connectivity index (χ4v) is 3.29. The summed E-state index contributed by atoms with van der Waals surface area (Å²) in [6.07, 6.45) is 5.64. The van der Waals surface area contributed by atoms with Gasteiger partial charge in [0.25, 0.3) is 0 Å². The quantitative estimate of drug-likeness (QED) is 0.822. The van der Waals surface area contributed by atoms with Gasteiger partial charge in [-0.2, -0.15) is 0 Å². The number of hydrogen-bond donors (Lipinski definition) is 1. The van der Waals surface area contributed by atoms with Crippen molar-refractivity contribution in [2.45, 2.75) is 37.8 Å². The van der Waals surface area contributed by atoms with Crippen molar-refractivity contribution < 1.29 is 0 Å². The Kier molecular flexibility index (Phi) is 3.01. The molecular formula is C13H20N2S. The number of hydrogen-bond acceptors (Lipinski definition) is 3. The molecule has 2 saturated carbocycles. The molecule has 0 aromatic carbocycles. The Morgan fingerprint density at radius 2 is 2.19 bits per heavy atom. The topological polar surface area (TPSA) is 29.3 Å². The van der Waals surface area contributed by atoms with Crippen LogP contribution in [0.5, 0.6) is 0 Å². The first-order valence-electron chi connectivity index (χ1n) is 6.37. The van der Waals surface area contributed by atoms with E-state index in [2.05, 4.69) is 22.4 Å². The van der Waals surface area contributed by atoms with Gasteiger partial charge in [-0.25, -0.2) is 0 Å². The highest BCUT2D eigenvalue weighted by Crippen LogP contribution is 2.40. The molecule has 88 valence electrons. The molecule has 1 atom stereocenters. The molecule has 1 aromatic heterocycles. The van der Waals surface area contributed by atoms with Crippen LogP contribution < -0.4 is 5.73 Å². The van der Waals surface area contributed by atoms with Crippen molar-refractivity contribution in [1.82, 2.24) is 4.90 Å². The summed E-state index contributed by atoms with van der Waals surface area (Å²) in [4.78, 5) is 4.14. The molecule has 1 unspecified atom stereocenters. The zero-order valence-electron chi connectivity index (χ0n) is 9.64. The maximum Gasteiger partial charge on any atom is 0.0566 e. The monoisotopic (exact) mass is 236 g/mol. The van der Waals surface area contributed by atoms with Gasteiger partial charge in [0.1, 0.15) is 0 Å². The number of rotatable bonds is 6. The molecule has 3 rings (SSSR count). The predicted molar refractivity (Wildman–Crippen MR) is 68.6 cm³/mol. The van der Waals surface area contributed by atoms with Crippen molar-refractivity contribution in [3.8, 4) is 0 Å². The highest BCUT2D eigenvalue weighted by molar-refractivity contribution is 7.10. The van der Waals surface area contributed by atoms with E-state index in [4.69, 9.17) is 5.73 Å². The van der Waals surface area contributed by atoms with Gasteiger partial charge in [0.05, 0.1) is 6.04 Å². The second-order valence-electron chi connectivity index (χ2n) is 5.14. The van der Waals surface area contributed by atoms with Crippen LogP contribution in [0, 0.1) is 5.92 Å². The Morgan fingerprint density at radius 3 is 2.69 bits per heavy atom. The van der Waals surface area contributed by atoms with E-state index in [1.165, 1.54) is 37.1 Å². The predicted octanol–water partition coefficient (Wildman–Crippen LogP) is 2.62. The lowest BCUT2D eigenvalue weighted by Crippen LogP contribution is -2.36. The molecule has 2 aliphatic carbocycles. The molecule has 0 amide bonds. The Balaban J connectivity index is 1.73. The van der Waals surface area contributed by atoms with Gasteiger partial charge in [-0.05, 0) is 43.0 Å². The van der Waals surface area contributed by atoms with Crippen LogP contribution in [0.3, 0.4) is 0 Å². The zero-order chi connectivity index (χ0) is 11.0. The van der Waals surface area contributed by atoms with Gasteiger partial charge < -0.3 is 5.73 Å². The van der Waals surface area contributed by atoms with E-state index >= 15 is 0 Å². The molecular weight excluding hydrogens is 216 g/mol. The molecule has 2 nitrogen and oxygen atoms in total. The van der Waals surface area contributed by atoms with E-state index in [0.717, 1.165) is 18.5 Å². The van der Waals surface area contributed by atoms with Gasteiger partial charge >= 0.3 is 0 Å². The van der Waals surface area contributed by atoms with Crippen molar-refractivity contribution in [2.24, 2.45) is 11.7 Å².